The molecule has 0 saturated carbocycles. The number of hydrogen-bond donors (Lipinski definition) is 0. The van der Waals surface area contributed by atoms with Gasteiger partial charge in [0.05, 0.1) is 6.61 Å². The lowest BCUT2D eigenvalue weighted by Crippen LogP contribution is -2.06. The molecule has 0 radical (unpaired) electrons. The van der Waals surface area contributed by atoms with Crippen molar-refractivity contribution >= 4 is 12.0 Å². The van der Waals surface area contributed by atoms with Gasteiger partial charge in [-0.3, -0.25) is 0 Å². The average Bonchev–Trinajstić information content (AvgIpc) is 2.36. The van der Waals surface area contributed by atoms with E-state index >= 15 is 0 Å². The summed E-state index contributed by atoms with van der Waals surface area (Å²) in [7, 11) is 0. The SMILES string of the molecule is CCOC(=O)/C(C#N)=C/c1ccccc1CC. The molecule has 0 unspecified atom stereocenters. The second kappa shape index (κ2) is 6.49. The highest BCUT2D eigenvalue weighted by atomic mass is 16.5. The number of nitriles is 1. The smallest absolute Gasteiger partial charge is 0.348 e. The zero-order valence-electron chi connectivity index (χ0n) is 10.1. The maximum Gasteiger partial charge on any atom is 0.348 e. The Morgan fingerprint density at radius 2 is 2.12 bits per heavy atom. The van der Waals surface area contributed by atoms with E-state index in [2.05, 4.69) is 0 Å². The number of benzene rings is 1. The number of ether oxygens (including phenoxy) is 1. The molecule has 0 aliphatic rings. The highest BCUT2D eigenvalue weighted by Gasteiger charge is 2.10. The van der Waals surface area contributed by atoms with Gasteiger partial charge in [0, 0.05) is 0 Å². The Morgan fingerprint density at radius 1 is 1.41 bits per heavy atom. The van der Waals surface area contributed by atoms with Gasteiger partial charge in [-0.15, -0.1) is 0 Å². The van der Waals surface area contributed by atoms with Gasteiger partial charge >= 0.3 is 5.97 Å². The molecule has 17 heavy (non-hydrogen) atoms. The van der Waals surface area contributed by atoms with Crippen molar-refractivity contribution in [3.8, 4) is 6.07 Å². The number of rotatable bonds is 4. The monoisotopic (exact) mass is 229 g/mol. The standard InChI is InChI=1S/C14H15NO2/c1-3-11-7-5-6-8-12(11)9-13(10-15)14(16)17-4-2/h5-9H,3-4H2,1-2H3/b13-9+. The predicted octanol–water partition coefficient (Wildman–Crippen LogP) is 2.72. The highest BCUT2D eigenvalue weighted by Crippen LogP contribution is 2.14. The topological polar surface area (TPSA) is 50.1 Å². The van der Waals surface area contributed by atoms with Crippen LogP contribution in [0.1, 0.15) is 25.0 Å². The predicted molar refractivity (Wildman–Crippen MR) is 66.0 cm³/mol. The van der Waals surface area contributed by atoms with Crippen LogP contribution < -0.4 is 0 Å². The van der Waals surface area contributed by atoms with E-state index in [-0.39, 0.29) is 12.2 Å². The molecule has 0 heterocycles. The van der Waals surface area contributed by atoms with Gasteiger partial charge in [-0.25, -0.2) is 4.79 Å². The maximum absolute atomic E-state index is 11.5. The van der Waals surface area contributed by atoms with Crippen LogP contribution in [0.25, 0.3) is 6.08 Å². The zero-order chi connectivity index (χ0) is 12.7. The molecule has 0 aliphatic carbocycles. The molecule has 0 aliphatic heterocycles. The number of aryl methyl sites for hydroxylation is 1. The minimum Gasteiger partial charge on any atom is -0.462 e. The Balaban J connectivity index is 3.07. The molecule has 1 aromatic carbocycles. The first-order valence-electron chi connectivity index (χ1n) is 5.59. The van der Waals surface area contributed by atoms with Crippen LogP contribution in [-0.4, -0.2) is 12.6 Å². The summed E-state index contributed by atoms with van der Waals surface area (Å²) in [5.74, 6) is -0.569. The van der Waals surface area contributed by atoms with E-state index in [1.54, 1.807) is 13.0 Å². The van der Waals surface area contributed by atoms with Gasteiger partial charge in [-0.1, -0.05) is 31.2 Å². The van der Waals surface area contributed by atoms with Crippen LogP contribution in [0.15, 0.2) is 29.8 Å². The Hall–Kier alpha value is -2.08. The number of carbonyl (C=O) groups excluding carboxylic acids is 1. The van der Waals surface area contributed by atoms with Crippen molar-refractivity contribution in [2.24, 2.45) is 0 Å². The number of hydrogen-bond acceptors (Lipinski definition) is 3. The summed E-state index contributed by atoms with van der Waals surface area (Å²) in [5.41, 5.74) is 2.02. The third-order valence-electron chi connectivity index (χ3n) is 2.35. The van der Waals surface area contributed by atoms with E-state index in [0.29, 0.717) is 0 Å². The third-order valence-corrected chi connectivity index (χ3v) is 2.35. The molecule has 1 aromatic rings. The molecule has 0 spiro atoms. The van der Waals surface area contributed by atoms with E-state index in [1.165, 1.54) is 0 Å². The molecule has 3 nitrogen and oxygen atoms in total. The fourth-order valence-corrected chi connectivity index (χ4v) is 1.50. The Bertz CT molecular complexity index is 469. The lowest BCUT2D eigenvalue weighted by Gasteiger charge is -2.04. The van der Waals surface area contributed by atoms with E-state index in [9.17, 15) is 4.79 Å². The molecule has 0 aromatic heterocycles. The molecule has 0 saturated heterocycles. The number of carbonyl (C=O) groups is 1. The van der Waals surface area contributed by atoms with Gasteiger partial charge in [-0.05, 0) is 30.5 Å². The van der Waals surface area contributed by atoms with Crippen LogP contribution >= 0.6 is 0 Å². The molecule has 0 bridgehead atoms. The van der Waals surface area contributed by atoms with Crippen molar-refractivity contribution in [2.45, 2.75) is 20.3 Å². The van der Waals surface area contributed by atoms with E-state index in [0.717, 1.165) is 17.5 Å². The van der Waals surface area contributed by atoms with Gasteiger partial charge in [0.15, 0.2) is 0 Å². The third kappa shape index (κ3) is 3.46. The van der Waals surface area contributed by atoms with Crippen molar-refractivity contribution in [3.05, 3.63) is 41.0 Å². The molecule has 3 heteroatoms. The van der Waals surface area contributed by atoms with Crippen LogP contribution in [0.5, 0.6) is 0 Å². The lowest BCUT2D eigenvalue weighted by molar-refractivity contribution is -0.137. The van der Waals surface area contributed by atoms with E-state index < -0.39 is 5.97 Å². The van der Waals surface area contributed by atoms with Gasteiger partial charge in [-0.2, -0.15) is 5.26 Å². The summed E-state index contributed by atoms with van der Waals surface area (Å²) < 4.78 is 4.81. The van der Waals surface area contributed by atoms with Crippen molar-refractivity contribution < 1.29 is 9.53 Å². The Kier molecular flexibility index (Phi) is 4.96. The second-order valence-corrected chi connectivity index (χ2v) is 3.44. The Labute approximate surface area is 101 Å². The first kappa shape index (κ1) is 13.0. The summed E-state index contributed by atoms with van der Waals surface area (Å²) in [6.07, 6.45) is 2.44. The quantitative estimate of drug-likeness (QED) is 0.453. The fraction of sp³-hybridized carbons (Fsp3) is 0.286. The van der Waals surface area contributed by atoms with Crippen molar-refractivity contribution in [1.29, 1.82) is 5.26 Å². The molecular formula is C14H15NO2. The molecule has 0 atom stereocenters. The average molecular weight is 229 g/mol. The summed E-state index contributed by atoms with van der Waals surface area (Å²) >= 11 is 0. The summed E-state index contributed by atoms with van der Waals surface area (Å²) in [6.45, 7) is 4.02. The summed E-state index contributed by atoms with van der Waals surface area (Å²) in [6, 6.07) is 9.55. The fourth-order valence-electron chi connectivity index (χ4n) is 1.50. The number of nitrogens with zero attached hydrogens (tertiary/aromatic N) is 1. The van der Waals surface area contributed by atoms with E-state index in [4.69, 9.17) is 10.00 Å². The lowest BCUT2D eigenvalue weighted by atomic mass is 10.0. The van der Waals surface area contributed by atoms with Crippen LogP contribution in [0.4, 0.5) is 0 Å². The first-order valence-corrected chi connectivity index (χ1v) is 5.59. The molecule has 0 amide bonds. The van der Waals surface area contributed by atoms with Crippen LogP contribution in [0.2, 0.25) is 0 Å². The normalized spacial score (nSPS) is 10.8. The first-order chi connectivity index (χ1) is 8.22. The molecule has 88 valence electrons. The van der Waals surface area contributed by atoms with Crippen LogP contribution in [-0.2, 0) is 16.0 Å². The van der Waals surface area contributed by atoms with Crippen molar-refractivity contribution in [2.75, 3.05) is 6.61 Å². The molecule has 0 fully saturated rings. The van der Waals surface area contributed by atoms with Gasteiger partial charge < -0.3 is 4.74 Å². The minimum absolute atomic E-state index is 0.0350. The molecule has 1 rings (SSSR count). The summed E-state index contributed by atoms with van der Waals surface area (Å²) in [5, 5.41) is 8.93. The van der Waals surface area contributed by atoms with Crippen molar-refractivity contribution in [1.82, 2.24) is 0 Å². The van der Waals surface area contributed by atoms with Crippen LogP contribution in [0, 0.1) is 11.3 Å². The van der Waals surface area contributed by atoms with Gasteiger partial charge in [0.2, 0.25) is 0 Å². The number of esters is 1. The highest BCUT2D eigenvalue weighted by molar-refractivity contribution is 5.98. The largest absolute Gasteiger partial charge is 0.462 e. The summed E-state index contributed by atoms with van der Waals surface area (Å²) in [4.78, 5) is 11.5. The van der Waals surface area contributed by atoms with Crippen LogP contribution in [0.3, 0.4) is 0 Å². The van der Waals surface area contributed by atoms with Gasteiger partial charge in [0.25, 0.3) is 0 Å². The maximum atomic E-state index is 11.5. The van der Waals surface area contributed by atoms with Crippen molar-refractivity contribution in [3.63, 3.8) is 0 Å². The zero-order valence-corrected chi connectivity index (χ0v) is 10.1. The Morgan fingerprint density at radius 3 is 2.71 bits per heavy atom. The molecular weight excluding hydrogens is 214 g/mol. The minimum atomic E-state index is -0.569. The molecule has 0 N–H and O–H groups in total. The van der Waals surface area contributed by atoms with E-state index in [1.807, 2.05) is 37.3 Å². The second-order valence-electron chi connectivity index (χ2n) is 3.44. The van der Waals surface area contributed by atoms with Gasteiger partial charge in [0.1, 0.15) is 11.6 Å².